The molecule has 1 aliphatic carbocycles. The number of alkyl halides is 2. The maximum atomic E-state index is 14.9. The molecule has 0 spiro atoms. The molecule has 138 valence electrons. The van der Waals surface area contributed by atoms with Crippen LogP contribution < -0.4 is 5.32 Å². The van der Waals surface area contributed by atoms with E-state index < -0.39 is 42.5 Å². The molecule has 1 saturated carbocycles. The molecule has 0 unspecified atom stereocenters. The average molecular weight is 366 g/mol. The molecule has 0 atom stereocenters. The van der Waals surface area contributed by atoms with Gasteiger partial charge in [-0.05, 0) is 42.3 Å². The first-order valence-corrected chi connectivity index (χ1v) is 8.26. The zero-order valence-corrected chi connectivity index (χ0v) is 13.9. The van der Waals surface area contributed by atoms with Gasteiger partial charge in [-0.3, -0.25) is 4.79 Å². The molecule has 1 aliphatic rings. The Kier molecular flexibility index (Phi) is 4.89. The highest BCUT2D eigenvalue weighted by atomic mass is 19.3. The van der Waals surface area contributed by atoms with E-state index in [-0.39, 0.29) is 11.3 Å². The van der Waals surface area contributed by atoms with Crippen LogP contribution in [0, 0.1) is 11.8 Å². The van der Waals surface area contributed by atoms with Gasteiger partial charge in [0, 0.05) is 25.4 Å². The Labute approximate surface area is 148 Å². The number of nitrogens with one attached hydrogen (secondary N) is 1. The number of carbonyl (C=O) groups excluding carboxylic acids is 1. The Bertz CT molecular complexity index is 819. The summed E-state index contributed by atoms with van der Waals surface area (Å²) < 4.78 is 55.8. The summed E-state index contributed by atoms with van der Waals surface area (Å²) in [6, 6.07) is 5.82. The Morgan fingerprint density at radius 2 is 1.92 bits per heavy atom. The van der Waals surface area contributed by atoms with Crippen LogP contribution in [0.3, 0.4) is 0 Å². The van der Waals surface area contributed by atoms with Crippen LogP contribution in [0.5, 0.6) is 0 Å². The predicted octanol–water partition coefficient (Wildman–Crippen LogP) is 4.71. The first-order chi connectivity index (χ1) is 12.3. The van der Waals surface area contributed by atoms with Crippen molar-refractivity contribution in [2.45, 2.75) is 31.2 Å². The molecule has 1 aromatic carbocycles. The standard InChI is InChI=1S/C19H18F4N2O/c1-2-3-8-24-18(26)15-9-16(12-4-6-13(20)7-5-12)25(17(15)21)14-10-19(22,23)11-14/h2,4-7,9,14H,1,3,8,10-11H2,(H,24,26). The van der Waals surface area contributed by atoms with E-state index >= 15 is 0 Å². The number of rotatable bonds is 6. The van der Waals surface area contributed by atoms with Crippen molar-refractivity contribution in [1.29, 1.82) is 0 Å². The van der Waals surface area contributed by atoms with Crippen LogP contribution >= 0.6 is 0 Å². The summed E-state index contributed by atoms with van der Waals surface area (Å²) in [4.78, 5) is 12.2. The molecule has 7 heteroatoms. The molecular weight excluding hydrogens is 348 g/mol. The summed E-state index contributed by atoms with van der Waals surface area (Å²) in [7, 11) is 0. The van der Waals surface area contributed by atoms with E-state index in [0.29, 0.717) is 18.5 Å². The number of nitrogens with zero attached hydrogens (tertiary/aromatic N) is 1. The van der Waals surface area contributed by atoms with Crippen LogP contribution in [0.15, 0.2) is 43.0 Å². The highest BCUT2D eigenvalue weighted by Crippen LogP contribution is 2.48. The molecule has 0 radical (unpaired) electrons. The lowest BCUT2D eigenvalue weighted by Gasteiger charge is -2.37. The van der Waals surface area contributed by atoms with Gasteiger partial charge in [-0.1, -0.05) is 6.08 Å². The van der Waals surface area contributed by atoms with E-state index in [2.05, 4.69) is 11.9 Å². The van der Waals surface area contributed by atoms with Crippen LogP contribution in [0.2, 0.25) is 0 Å². The number of amides is 1. The largest absolute Gasteiger partial charge is 0.352 e. The molecule has 2 aromatic rings. The number of benzene rings is 1. The Morgan fingerprint density at radius 3 is 2.50 bits per heavy atom. The van der Waals surface area contributed by atoms with E-state index in [1.54, 1.807) is 6.08 Å². The van der Waals surface area contributed by atoms with Crippen molar-refractivity contribution in [3.63, 3.8) is 0 Å². The van der Waals surface area contributed by atoms with E-state index in [9.17, 15) is 22.4 Å². The van der Waals surface area contributed by atoms with Gasteiger partial charge in [-0.15, -0.1) is 6.58 Å². The Hall–Kier alpha value is -2.57. The molecule has 0 bridgehead atoms. The lowest BCUT2D eigenvalue weighted by Crippen LogP contribution is -2.38. The quantitative estimate of drug-likeness (QED) is 0.448. The minimum atomic E-state index is -2.84. The minimum absolute atomic E-state index is 0.219. The molecule has 26 heavy (non-hydrogen) atoms. The van der Waals surface area contributed by atoms with Gasteiger partial charge in [-0.25, -0.2) is 13.2 Å². The average Bonchev–Trinajstić information content (AvgIpc) is 2.90. The van der Waals surface area contributed by atoms with Crippen LogP contribution in [-0.4, -0.2) is 22.9 Å². The fourth-order valence-electron chi connectivity index (χ4n) is 3.06. The minimum Gasteiger partial charge on any atom is -0.352 e. The Balaban J connectivity index is 1.98. The van der Waals surface area contributed by atoms with E-state index in [1.165, 1.54) is 30.3 Å². The predicted molar refractivity (Wildman–Crippen MR) is 90.1 cm³/mol. The van der Waals surface area contributed by atoms with Crippen LogP contribution in [0.4, 0.5) is 17.6 Å². The van der Waals surface area contributed by atoms with Gasteiger partial charge in [0.25, 0.3) is 11.8 Å². The third-order valence-electron chi connectivity index (χ3n) is 4.43. The summed E-state index contributed by atoms with van der Waals surface area (Å²) in [5.41, 5.74) is 0.506. The molecule has 1 fully saturated rings. The number of halogens is 4. The van der Waals surface area contributed by atoms with Gasteiger partial charge in [0.1, 0.15) is 5.82 Å². The van der Waals surface area contributed by atoms with Crippen molar-refractivity contribution in [3.05, 3.63) is 60.3 Å². The lowest BCUT2D eigenvalue weighted by atomic mass is 9.87. The van der Waals surface area contributed by atoms with Gasteiger partial charge < -0.3 is 9.88 Å². The van der Waals surface area contributed by atoms with Gasteiger partial charge in [0.2, 0.25) is 5.95 Å². The van der Waals surface area contributed by atoms with Crippen LogP contribution in [0.25, 0.3) is 11.3 Å². The van der Waals surface area contributed by atoms with Crippen molar-refractivity contribution in [2.24, 2.45) is 0 Å². The van der Waals surface area contributed by atoms with Crippen molar-refractivity contribution >= 4 is 5.91 Å². The van der Waals surface area contributed by atoms with Gasteiger partial charge >= 0.3 is 0 Å². The highest BCUT2D eigenvalue weighted by Gasteiger charge is 2.48. The zero-order chi connectivity index (χ0) is 18.9. The first kappa shape index (κ1) is 18.2. The molecule has 0 aliphatic heterocycles. The molecule has 1 N–H and O–H groups in total. The van der Waals surface area contributed by atoms with Crippen LogP contribution in [0.1, 0.15) is 35.7 Å². The van der Waals surface area contributed by atoms with Gasteiger partial charge in [0.05, 0.1) is 11.3 Å². The normalized spacial score (nSPS) is 16.2. The molecular formula is C19H18F4N2O. The van der Waals surface area contributed by atoms with E-state index in [0.717, 1.165) is 4.57 Å². The molecule has 1 aromatic heterocycles. The molecule has 1 heterocycles. The van der Waals surface area contributed by atoms with E-state index in [1.807, 2.05) is 0 Å². The summed E-state index contributed by atoms with van der Waals surface area (Å²) in [5.74, 6) is -4.79. The second kappa shape index (κ2) is 6.97. The second-order valence-electron chi connectivity index (χ2n) is 6.36. The summed E-state index contributed by atoms with van der Waals surface area (Å²) >= 11 is 0. The number of hydrogen-bond acceptors (Lipinski definition) is 1. The molecule has 1 amide bonds. The fraction of sp³-hybridized carbons (Fsp3) is 0.316. The maximum absolute atomic E-state index is 14.9. The van der Waals surface area contributed by atoms with Gasteiger partial charge in [0.15, 0.2) is 0 Å². The summed E-state index contributed by atoms with van der Waals surface area (Å²) in [6.45, 7) is 3.83. The van der Waals surface area contributed by atoms with Crippen LogP contribution in [-0.2, 0) is 0 Å². The van der Waals surface area contributed by atoms with Gasteiger partial charge in [-0.2, -0.15) is 4.39 Å². The topological polar surface area (TPSA) is 34.0 Å². The molecule has 3 nitrogen and oxygen atoms in total. The smallest absolute Gasteiger partial charge is 0.255 e. The first-order valence-electron chi connectivity index (χ1n) is 8.26. The van der Waals surface area contributed by atoms with Crippen molar-refractivity contribution in [3.8, 4) is 11.3 Å². The number of hydrogen-bond donors (Lipinski definition) is 1. The zero-order valence-electron chi connectivity index (χ0n) is 13.9. The summed E-state index contributed by atoms with van der Waals surface area (Å²) in [5, 5.41) is 2.56. The molecule has 3 rings (SSSR count). The number of carbonyl (C=O) groups is 1. The van der Waals surface area contributed by atoms with Crippen molar-refractivity contribution in [1.82, 2.24) is 9.88 Å². The Morgan fingerprint density at radius 1 is 1.27 bits per heavy atom. The van der Waals surface area contributed by atoms with Crippen molar-refractivity contribution < 1.29 is 22.4 Å². The SMILES string of the molecule is C=CCCNC(=O)c1cc(-c2ccc(F)cc2)n(C2CC(F)(F)C2)c1F. The third kappa shape index (κ3) is 3.52. The van der Waals surface area contributed by atoms with Crippen molar-refractivity contribution in [2.75, 3.05) is 6.54 Å². The fourth-order valence-corrected chi connectivity index (χ4v) is 3.06. The maximum Gasteiger partial charge on any atom is 0.255 e. The summed E-state index contributed by atoms with van der Waals surface area (Å²) in [6.07, 6.45) is 1.14. The second-order valence-corrected chi connectivity index (χ2v) is 6.36. The lowest BCUT2D eigenvalue weighted by molar-refractivity contribution is -0.105. The number of aromatic nitrogens is 1. The monoisotopic (exact) mass is 366 g/mol. The van der Waals surface area contributed by atoms with E-state index in [4.69, 9.17) is 0 Å². The molecule has 0 saturated heterocycles. The highest BCUT2D eigenvalue weighted by molar-refractivity contribution is 5.95. The third-order valence-corrected chi connectivity index (χ3v) is 4.43.